The van der Waals surface area contributed by atoms with Gasteiger partial charge in [-0.15, -0.1) is 5.14 Å². The molecule has 0 fully saturated rings. The van der Waals surface area contributed by atoms with Crippen molar-refractivity contribution in [1.82, 2.24) is 9.97 Å². The molecular weight excluding hydrogens is 378 g/mol. The third-order valence-corrected chi connectivity index (χ3v) is 4.61. The van der Waals surface area contributed by atoms with Crippen LogP contribution in [0.5, 0.6) is 0 Å². The van der Waals surface area contributed by atoms with Crippen LogP contribution in [0.25, 0.3) is 0 Å². The molecule has 1 aromatic heterocycles. The highest BCUT2D eigenvalue weighted by Crippen LogP contribution is 2.25. The van der Waals surface area contributed by atoms with E-state index in [1.807, 2.05) is 0 Å². The molecule has 7 N–H and O–H groups in total. The van der Waals surface area contributed by atoms with Crippen molar-refractivity contribution in [1.29, 1.82) is 5.41 Å². The second-order valence-corrected chi connectivity index (χ2v) is 6.71. The molecule has 1 atom stereocenters. The van der Waals surface area contributed by atoms with Crippen LogP contribution in [0.15, 0.2) is 59.8 Å². The van der Waals surface area contributed by atoms with E-state index in [-0.39, 0.29) is 11.5 Å². The first-order chi connectivity index (χ1) is 13.5. The zero-order valence-corrected chi connectivity index (χ0v) is 15.4. The molecular formula is C18H17N7O2S. The van der Waals surface area contributed by atoms with Gasteiger partial charge in [0.15, 0.2) is 4.90 Å². The molecule has 3 rings (SSSR count). The monoisotopic (exact) mass is 395 g/mol. The predicted octanol–water partition coefficient (Wildman–Crippen LogP) is 1.77. The number of nitrogens with one attached hydrogen (secondary N) is 3. The summed E-state index contributed by atoms with van der Waals surface area (Å²) in [6.45, 7) is 0. The summed E-state index contributed by atoms with van der Waals surface area (Å²) in [5.74, 6) is 0.508. The Labute approximate surface area is 164 Å². The number of amides is 1. The summed E-state index contributed by atoms with van der Waals surface area (Å²) in [5.41, 5.74) is 8.33. The van der Waals surface area contributed by atoms with Crippen LogP contribution in [-0.4, -0.2) is 26.6 Å². The Morgan fingerprint density at radius 3 is 2.32 bits per heavy atom. The van der Waals surface area contributed by atoms with Crippen molar-refractivity contribution >= 4 is 46.5 Å². The average molecular weight is 395 g/mol. The standard InChI is InChI=1S/C18H17N7O2S/c19-16(11-1-7-14(8-2-11)28(21)27)15-17(20)22-9-23-18(15)25-13-5-3-12(4-6-13)24-10-26/h1-10,19H,21H2,(H,24,26)(H3,20,22,23,25). The smallest absolute Gasteiger partial charge is 0.211 e. The number of nitrogen functional groups attached to an aromatic ring is 1. The van der Waals surface area contributed by atoms with Gasteiger partial charge in [-0.2, -0.15) is 0 Å². The fourth-order valence-electron chi connectivity index (χ4n) is 2.50. The van der Waals surface area contributed by atoms with Crippen LogP contribution in [0.2, 0.25) is 0 Å². The van der Waals surface area contributed by atoms with Gasteiger partial charge in [-0.1, -0.05) is 0 Å². The number of nitrogens with zero attached hydrogens (tertiary/aromatic N) is 2. The lowest BCUT2D eigenvalue weighted by atomic mass is 10.0. The minimum absolute atomic E-state index is 0.106. The molecule has 28 heavy (non-hydrogen) atoms. The van der Waals surface area contributed by atoms with Crippen molar-refractivity contribution in [3.05, 3.63) is 66.0 Å². The summed E-state index contributed by atoms with van der Waals surface area (Å²) < 4.78 is 11.3. The van der Waals surface area contributed by atoms with Crippen LogP contribution in [0.3, 0.4) is 0 Å². The molecule has 0 bridgehead atoms. The van der Waals surface area contributed by atoms with E-state index in [1.54, 1.807) is 48.5 Å². The van der Waals surface area contributed by atoms with Gasteiger partial charge in [-0.25, -0.2) is 9.97 Å². The van der Waals surface area contributed by atoms with Crippen molar-refractivity contribution in [2.24, 2.45) is 5.14 Å². The number of rotatable bonds is 7. The molecule has 0 saturated carbocycles. The number of aromatic nitrogens is 2. The van der Waals surface area contributed by atoms with Gasteiger partial charge in [0.1, 0.15) is 18.0 Å². The number of carbonyl (C=O) groups is 1. The molecule has 0 saturated heterocycles. The molecule has 1 amide bonds. The highest BCUT2D eigenvalue weighted by Gasteiger charge is 2.17. The van der Waals surface area contributed by atoms with Gasteiger partial charge in [0, 0.05) is 16.9 Å². The second-order valence-electron chi connectivity index (χ2n) is 5.64. The maximum Gasteiger partial charge on any atom is 0.211 e. The molecule has 10 heteroatoms. The van der Waals surface area contributed by atoms with Crippen molar-refractivity contribution in [2.75, 3.05) is 16.4 Å². The lowest BCUT2D eigenvalue weighted by molar-refractivity contribution is -0.105. The van der Waals surface area contributed by atoms with E-state index in [0.717, 1.165) is 0 Å². The van der Waals surface area contributed by atoms with Gasteiger partial charge in [0.2, 0.25) is 6.41 Å². The fourth-order valence-corrected chi connectivity index (χ4v) is 2.90. The normalized spacial score (nSPS) is 11.5. The minimum atomic E-state index is -1.59. The highest BCUT2D eigenvalue weighted by molar-refractivity contribution is 7.89. The average Bonchev–Trinajstić information content (AvgIpc) is 2.69. The Morgan fingerprint density at radius 1 is 1.07 bits per heavy atom. The van der Waals surface area contributed by atoms with Crippen LogP contribution in [0, 0.1) is 5.41 Å². The quantitative estimate of drug-likeness (QED) is 0.231. The molecule has 1 heterocycles. The molecule has 0 aliphatic carbocycles. The Morgan fingerprint density at radius 2 is 1.71 bits per heavy atom. The molecule has 1 unspecified atom stereocenters. The van der Waals surface area contributed by atoms with E-state index in [1.165, 1.54) is 6.33 Å². The molecule has 2 aromatic carbocycles. The summed E-state index contributed by atoms with van der Waals surface area (Å²) in [6, 6.07) is 13.4. The van der Waals surface area contributed by atoms with Gasteiger partial charge in [0.25, 0.3) is 0 Å². The van der Waals surface area contributed by atoms with E-state index in [4.69, 9.17) is 16.3 Å². The van der Waals surface area contributed by atoms with Crippen molar-refractivity contribution < 1.29 is 9.35 Å². The van der Waals surface area contributed by atoms with Crippen LogP contribution < -0.4 is 21.5 Å². The Bertz CT molecular complexity index is 992. The van der Waals surface area contributed by atoms with E-state index < -0.39 is 11.4 Å². The molecule has 142 valence electrons. The van der Waals surface area contributed by atoms with Crippen LogP contribution in [0.4, 0.5) is 23.0 Å². The first-order valence-electron chi connectivity index (χ1n) is 8.03. The SMILES string of the molecule is N=C(c1ccc([S+](N)[O-])cc1)c1c(N)ncnc1Nc1ccc(NC=O)cc1. The zero-order chi connectivity index (χ0) is 20.1. The van der Waals surface area contributed by atoms with Crippen molar-refractivity contribution in [3.8, 4) is 0 Å². The number of nitrogens with two attached hydrogens (primary N) is 2. The lowest BCUT2D eigenvalue weighted by Crippen LogP contribution is -2.14. The topological polar surface area (TPSA) is 166 Å². The summed E-state index contributed by atoms with van der Waals surface area (Å²) in [7, 11) is 0. The predicted molar refractivity (Wildman–Crippen MR) is 109 cm³/mol. The van der Waals surface area contributed by atoms with Gasteiger partial charge >= 0.3 is 0 Å². The van der Waals surface area contributed by atoms with Crippen LogP contribution in [0.1, 0.15) is 11.1 Å². The van der Waals surface area contributed by atoms with Gasteiger partial charge in [-0.3, -0.25) is 10.2 Å². The van der Waals surface area contributed by atoms with Crippen LogP contribution >= 0.6 is 0 Å². The van der Waals surface area contributed by atoms with E-state index in [9.17, 15) is 9.35 Å². The molecule has 0 aliphatic heterocycles. The van der Waals surface area contributed by atoms with Crippen molar-refractivity contribution in [2.45, 2.75) is 4.90 Å². The first kappa shape index (κ1) is 19.3. The Balaban J connectivity index is 1.91. The van der Waals surface area contributed by atoms with E-state index in [0.29, 0.717) is 39.6 Å². The number of hydrogen-bond acceptors (Lipinski definition) is 8. The summed E-state index contributed by atoms with van der Waals surface area (Å²) in [4.78, 5) is 19.1. The van der Waals surface area contributed by atoms with Crippen molar-refractivity contribution in [3.63, 3.8) is 0 Å². The summed E-state index contributed by atoms with van der Waals surface area (Å²) >= 11 is -1.59. The zero-order valence-electron chi connectivity index (χ0n) is 14.5. The third-order valence-electron chi connectivity index (χ3n) is 3.88. The Kier molecular flexibility index (Phi) is 5.84. The lowest BCUT2D eigenvalue weighted by Gasteiger charge is -2.14. The van der Waals surface area contributed by atoms with Gasteiger partial charge in [0.05, 0.1) is 22.6 Å². The fraction of sp³-hybridized carbons (Fsp3) is 0. The van der Waals surface area contributed by atoms with Crippen LogP contribution in [-0.2, 0) is 16.2 Å². The largest absolute Gasteiger partial charge is 0.593 e. The molecule has 0 aliphatic rings. The maximum absolute atomic E-state index is 11.3. The minimum Gasteiger partial charge on any atom is -0.593 e. The number of carbonyl (C=O) groups excluding carboxylic acids is 1. The van der Waals surface area contributed by atoms with E-state index in [2.05, 4.69) is 20.6 Å². The Hall–Kier alpha value is -3.47. The third kappa shape index (κ3) is 4.26. The number of anilines is 4. The second kappa shape index (κ2) is 8.48. The number of benzene rings is 2. The number of hydrogen-bond donors (Lipinski definition) is 5. The summed E-state index contributed by atoms with van der Waals surface area (Å²) in [5, 5.41) is 19.5. The van der Waals surface area contributed by atoms with Gasteiger partial charge < -0.3 is 20.9 Å². The molecule has 3 aromatic rings. The van der Waals surface area contributed by atoms with E-state index >= 15 is 0 Å². The molecule has 0 radical (unpaired) electrons. The first-order valence-corrected chi connectivity index (χ1v) is 9.24. The maximum atomic E-state index is 11.3. The van der Waals surface area contributed by atoms with Gasteiger partial charge in [-0.05, 0) is 48.5 Å². The highest BCUT2D eigenvalue weighted by atomic mass is 32.2. The molecule has 9 nitrogen and oxygen atoms in total. The summed E-state index contributed by atoms with van der Waals surface area (Å²) in [6.07, 6.45) is 1.90. The molecule has 0 spiro atoms.